The van der Waals surface area contributed by atoms with Gasteiger partial charge in [-0.2, -0.15) is 10.2 Å². The first-order chi connectivity index (χ1) is 9.81. The van der Waals surface area contributed by atoms with Gasteiger partial charge in [-0.1, -0.05) is 6.92 Å². The molecule has 5 nitrogen and oxygen atoms in total. The van der Waals surface area contributed by atoms with E-state index < -0.39 is 0 Å². The van der Waals surface area contributed by atoms with Gasteiger partial charge in [0.05, 0.1) is 28.1 Å². The smallest absolute Gasteiger partial charge is 0.0843 e. The second-order valence-corrected chi connectivity index (χ2v) is 7.06. The summed E-state index contributed by atoms with van der Waals surface area (Å²) in [6.07, 6.45) is 2.77. The molecule has 0 aliphatic heterocycles. The van der Waals surface area contributed by atoms with Gasteiger partial charge in [0.2, 0.25) is 0 Å². The first-order valence-electron chi connectivity index (χ1n) is 7.27. The summed E-state index contributed by atoms with van der Waals surface area (Å²) in [4.78, 5) is 0. The van der Waals surface area contributed by atoms with Crippen molar-refractivity contribution in [3.63, 3.8) is 0 Å². The lowest BCUT2D eigenvalue weighted by molar-refractivity contribution is 0.413. The Morgan fingerprint density at radius 3 is 2.62 bits per heavy atom. The highest BCUT2D eigenvalue weighted by molar-refractivity contribution is 9.10. The Labute approximate surface area is 134 Å². The molecule has 2 heterocycles. The van der Waals surface area contributed by atoms with Gasteiger partial charge in [-0.05, 0) is 49.2 Å². The highest BCUT2D eigenvalue weighted by atomic mass is 79.9. The summed E-state index contributed by atoms with van der Waals surface area (Å²) in [5.41, 5.74) is 3.51. The molecule has 0 radical (unpaired) electrons. The molecule has 0 atom stereocenters. The van der Waals surface area contributed by atoms with Crippen molar-refractivity contribution in [3.05, 3.63) is 33.8 Å². The van der Waals surface area contributed by atoms with E-state index in [2.05, 4.69) is 65.2 Å². The Morgan fingerprint density at radius 2 is 2.05 bits per heavy atom. The number of nitrogens with zero attached hydrogens (tertiary/aromatic N) is 4. The summed E-state index contributed by atoms with van der Waals surface area (Å²) in [7, 11) is 1.98. The number of aryl methyl sites for hydroxylation is 2. The minimum atomic E-state index is 0.0948. The second-order valence-electron chi connectivity index (χ2n) is 6.27. The highest BCUT2D eigenvalue weighted by Crippen LogP contribution is 2.22. The van der Waals surface area contributed by atoms with Crippen molar-refractivity contribution in [2.45, 2.75) is 52.7 Å². The second kappa shape index (κ2) is 6.32. The molecule has 1 N–H and O–H groups in total. The topological polar surface area (TPSA) is 47.7 Å². The molecule has 0 aliphatic carbocycles. The van der Waals surface area contributed by atoms with Crippen molar-refractivity contribution in [1.29, 1.82) is 0 Å². The monoisotopic (exact) mass is 353 g/mol. The summed E-state index contributed by atoms with van der Waals surface area (Å²) in [6, 6.07) is 2.06. The fourth-order valence-electron chi connectivity index (χ4n) is 2.14. The Kier molecular flexibility index (Phi) is 4.88. The predicted molar refractivity (Wildman–Crippen MR) is 88.2 cm³/mol. The van der Waals surface area contributed by atoms with Crippen LogP contribution >= 0.6 is 15.9 Å². The maximum Gasteiger partial charge on any atom is 0.0843 e. The zero-order valence-electron chi connectivity index (χ0n) is 13.4. The first-order valence-corrected chi connectivity index (χ1v) is 8.07. The minimum absolute atomic E-state index is 0.0948. The number of halogens is 1. The summed E-state index contributed by atoms with van der Waals surface area (Å²) in [5, 5.41) is 12.5. The Balaban J connectivity index is 2.18. The summed E-state index contributed by atoms with van der Waals surface area (Å²) >= 11 is 3.66. The van der Waals surface area contributed by atoms with Gasteiger partial charge in [0, 0.05) is 25.3 Å². The number of rotatable bonds is 5. The molecule has 0 saturated carbocycles. The van der Waals surface area contributed by atoms with Crippen LogP contribution in [0.4, 0.5) is 0 Å². The van der Waals surface area contributed by atoms with Crippen molar-refractivity contribution in [2.24, 2.45) is 7.05 Å². The third-order valence-electron chi connectivity index (χ3n) is 3.41. The van der Waals surface area contributed by atoms with Gasteiger partial charge in [0.25, 0.3) is 0 Å². The standard InChI is InChI=1S/C15H24BrN5/c1-6-12-14(16)13(20(5)19-12)10-21-11(7-8-18-21)9-17-15(2,3)4/h7-8,17H,6,9-10H2,1-5H3. The molecular weight excluding hydrogens is 330 g/mol. The van der Waals surface area contributed by atoms with Crippen LogP contribution in [-0.4, -0.2) is 25.1 Å². The van der Waals surface area contributed by atoms with Gasteiger partial charge in [0.1, 0.15) is 0 Å². The van der Waals surface area contributed by atoms with Crippen LogP contribution in [0.15, 0.2) is 16.7 Å². The maximum atomic E-state index is 4.54. The van der Waals surface area contributed by atoms with Gasteiger partial charge < -0.3 is 5.32 Å². The van der Waals surface area contributed by atoms with Crippen molar-refractivity contribution < 1.29 is 0 Å². The molecule has 0 amide bonds. The van der Waals surface area contributed by atoms with E-state index in [1.807, 2.05) is 22.6 Å². The van der Waals surface area contributed by atoms with E-state index in [-0.39, 0.29) is 5.54 Å². The predicted octanol–water partition coefficient (Wildman–Crippen LogP) is 2.88. The third kappa shape index (κ3) is 3.95. The van der Waals surface area contributed by atoms with Crippen molar-refractivity contribution in [3.8, 4) is 0 Å². The molecule has 6 heteroatoms. The Hall–Kier alpha value is -1.14. The summed E-state index contributed by atoms with van der Waals surface area (Å²) < 4.78 is 5.06. The fraction of sp³-hybridized carbons (Fsp3) is 0.600. The molecule has 0 spiro atoms. The molecule has 116 valence electrons. The van der Waals surface area contributed by atoms with Crippen LogP contribution in [0.5, 0.6) is 0 Å². The third-order valence-corrected chi connectivity index (χ3v) is 4.32. The van der Waals surface area contributed by atoms with E-state index in [0.717, 1.165) is 35.4 Å². The van der Waals surface area contributed by atoms with E-state index >= 15 is 0 Å². The van der Waals surface area contributed by atoms with E-state index in [4.69, 9.17) is 0 Å². The lowest BCUT2D eigenvalue weighted by atomic mass is 10.1. The molecule has 2 aromatic rings. The average molecular weight is 354 g/mol. The number of hydrogen-bond acceptors (Lipinski definition) is 3. The number of nitrogens with one attached hydrogen (secondary N) is 1. The summed E-state index contributed by atoms with van der Waals surface area (Å²) in [6.45, 7) is 10.1. The molecule has 0 aliphatic rings. The normalized spacial score (nSPS) is 12.1. The van der Waals surface area contributed by atoms with E-state index in [0.29, 0.717) is 0 Å². The van der Waals surface area contributed by atoms with Gasteiger partial charge >= 0.3 is 0 Å². The van der Waals surface area contributed by atoms with Gasteiger partial charge in [-0.3, -0.25) is 9.36 Å². The summed E-state index contributed by atoms with van der Waals surface area (Å²) in [5.74, 6) is 0. The molecular formula is C15H24BrN5. The number of hydrogen-bond donors (Lipinski definition) is 1. The molecule has 21 heavy (non-hydrogen) atoms. The van der Waals surface area contributed by atoms with Crippen LogP contribution in [0.3, 0.4) is 0 Å². The molecule has 2 rings (SSSR count). The van der Waals surface area contributed by atoms with E-state index in [9.17, 15) is 0 Å². The lowest BCUT2D eigenvalue weighted by Crippen LogP contribution is -2.35. The van der Waals surface area contributed by atoms with Crippen LogP contribution < -0.4 is 5.32 Å². The van der Waals surface area contributed by atoms with Crippen molar-refractivity contribution in [2.75, 3.05) is 0 Å². The SMILES string of the molecule is CCc1nn(C)c(Cn2nccc2CNC(C)(C)C)c1Br. The zero-order chi connectivity index (χ0) is 15.6. The van der Waals surface area contributed by atoms with E-state index in [1.54, 1.807) is 0 Å². The Morgan fingerprint density at radius 1 is 1.33 bits per heavy atom. The maximum absolute atomic E-state index is 4.54. The van der Waals surface area contributed by atoms with Crippen LogP contribution in [0, 0.1) is 0 Å². The van der Waals surface area contributed by atoms with Crippen LogP contribution in [0.1, 0.15) is 44.8 Å². The van der Waals surface area contributed by atoms with Crippen LogP contribution in [0.25, 0.3) is 0 Å². The van der Waals surface area contributed by atoms with E-state index in [1.165, 1.54) is 5.69 Å². The van der Waals surface area contributed by atoms with Crippen LogP contribution in [-0.2, 0) is 26.6 Å². The lowest BCUT2D eigenvalue weighted by Gasteiger charge is -2.20. The molecule has 2 aromatic heterocycles. The largest absolute Gasteiger partial charge is 0.306 e. The van der Waals surface area contributed by atoms with Crippen LogP contribution in [0.2, 0.25) is 0 Å². The highest BCUT2D eigenvalue weighted by Gasteiger charge is 2.15. The Bertz CT molecular complexity index is 606. The molecule has 0 fully saturated rings. The average Bonchev–Trinajstić information content (AvgIpc) is 2.95. The van der Waals surface area contributed by atoms with Crippen molar-refractivity contribution in [1.82, 2.24) is 24.9 Å². The molecule has 0 aromatic carbocycles. The molecule has 0 bridgehead atoms. The first kappa shape index (κ1) is 16.2. The molecule has 0 saturated heterocycles. The quantitative estimate of drug-likeness (QED) is 0.898. The zero-order valence-corrected chi connectivity index (χ0v) is 15.0. The van der Waals surface area contributed by atoms with Gasteiger partial charge in [0.15, 0.2) is 0 Å². The van der Waals surface area contributed by atoms with Gasteiger partial charge in [-0.15, -0.1) is 0 Å². The number of aromatic nitrogens is 4. The van der Waals surface area contributed by atoms with Crippen molar-refractivity contribution >= 4 is 15.9 Å². The fourth-order valence-corrected chi connectivity index (χ4v) is 2.88. The minimum Gasteiger partial charge on any atom is -0.306 e. The molecule has 0 unspecified atom stereocenters. The van der Waals surface area contributed by atoms with Gasteiger partial charge in [-0.25, -0.2) is 0 Å².